The first-order chi connectivity index (χ1) is 9.40. The number of anilines is 1. The van der Waals surface area contributed by atoms with Gasteiger partial charge >= 0.3 is 0 Å². The Labute approximate surface area is 121 Å². The maximum atomic E-state index is 12.4. The summed E-state index contributed by atoms with van der Waals surface area (Å²) in [5, 5.41) is 0. The minimum absolute atomic E-state index is 0.0125. The van der Waals surface area contributed by atoms with Crippen LogP contribution in [0.25, 0.3) is 0 Å². The van der Waals surface area contributed by atoms with Gasteiger partial charge in [0.25, 0.3) is 0 Å². The van der Waals surface area contributed by atoms with Crippen LogP contribution in [0.4, 0.5) is 5.69 Å². The second-order valence-electron chi connectivity index (χ2n) is 5.48. The summed E-state index contributed by atoms with van der Waals surface area (Å²) in [6, 6.07) is 7.61. The number of nitrogen functional groups attached to an aromatic ring is 1. The van der Waals surface area contributed by atoms with Crippen LogP contribution in [-0.4, -0.2) is 49.8 Å². The van der Waals surface area contributed by atoms with Gasteiger partial charge in [0.15, 0.2) is 0 Å². The van der Waals surface area contributed by atoms with E-state index in [1.807, 2.05) is 12.1 Å². The molecule has 112 valence electrons. The van der Waals surface area contributed by atoms with Crippen LogP contribution in [0.1, 0.15) is 19.4 Å². The van der Waals surface area contributed by atoms with Crippen molar-refractivity contribution in [2.24, 2.45) is 0 Å². The summed E-state index contributed by atoms with van der Waals surface area (Å²) in [5.41, 5.74) is 7.05. The minimum Gasteiger partial charge on any atom is -0.398 e. The van der Waals surface area contributed by atoms with Crippen LogP contribution >= 0.6 is 0 Å². The average Bonchev–Trinajstić information content (AvgIpc) is 2.41. The Bertz CT molecular complexity index is 549. The van der Waals surface area contributed by atoms with E-state index in [-0.39, 0.29) is 5.75 Å². The Balaban J connectivity index is 2.04. The van der Waals surface area contributed by atoms with Gasteiger partial charge in [0.1, 0.15) is 0 Å². The normalized spacial score (nSPS) is 18.6. The monoisotopic (exact) mass is 297 g/mol. The van der Waals surface area contributed by atoms with Crippen molar-refractivity contribution in [3.8, 4) is 0 Å². The zero-order chi connectivity index (χ0) is 14.8. The molecule has 0 aromatic heterocycles. The topological polar surface area (TPSA) is 66.6 Å². The fraction of sp³-hybridized carbons (Fsp3) is 0.571. The van der Waals surface area contributed by atoms with Gasteiger partial charge in [-0.15, -0.1) is 0 Å². The lowest BCUT2D eigenvalue weighted by atomic mass is 10.2. The van der Waals surface area contributed by atoms with Crippen LogP contribution in [0.15, 0.2) is 24.3 Å². The molecule has 0 aliphatic carbocycles. The van der Waals surface area contributed by atoms with Crippen LogP contribution in [-0.2, 0) is 15.8 Å². The van der Waals surface area contributed by atoms with Crippen LogP contribution < -0.4 is 5.73 Å². The highest BCUT2D eigenvalue weighted by Gasteiger charge is 2.28. The molecule has 0 amide bonds. The number of nitrogens with two attached hydrogens (primary N) is 1. The average molecular weight is 297 g/mol. The Morgan fingerprint density at radius 1 is 1.15 bits per heavy atom. The molecule has 0 radical (unpaired) electrons. The first kappa shape index (κ1) is 15.3. The minimum atomic E-state index is -3.28. The molecule has 1 heterocycles. The number of hydrogen-bond donors (Lipinski definition) is 1. The molecular formula is C14H23N3O2S. The molecule has 20 heavy (non-hydrogen) atoms. The maximum Gasteiger partial charge on any atom is 0.218 e. The second-order valence-corrected chi connectivity index (χ2v) is 7.45. The standard InChI is InChI=1S/C14H23N3O2S/c1-12(2)16-7-9-17(10-8-16)20(18,19)11-13-5-3-4-6-14(13)15/h3-6,12H,7-11,15H2,1-2H3. The summed E-state index contributed by atoms with van der Waals surface area (Å²) in [6.07, 6.45) is 0. The van der Waals surface area contributed by atoms with E-state index in [9.17, 15) is 8.42 Å². The summed E-state index contributed by atoms with van der Waals surface area (Å²) in [5.74, 6) is -0.0125. The largest absolute Gasteiger partial charge is 0.398 e. The van der Waals surface area contributed by atoms with Gasteiger partial charge in [-0.25, -0.2) is 8.42 Å². The molecule has 5 nitrogen and oxygen atoms in total. The van der Waals surface area contributed by atoms with E-state index in [0.717, 1.165) is 13.1 Å². The fourth-order valence-electron chi connectivity index (χ4n) is 2.45. The molecule has 1 aromatic rings. The molecule has 6 heteroatoms. The van der Waals surface area contributed by atoms with Gasteiger partial charge < -0.3 is 5.73 Å². The van der Waals surface area contributed by atoms with Crippen molar-refractivity contribution in [3.05, 3.63) is 29.8 Å². The maximum absolute atomic E-state index is 12.4. The highest BCUT2D eigenvalue weighted by Crippen LogP contribution is 2.18. The van der Waals surface area contributed by atoms with Gasteiger partial charge in [0, 0.05) is 37.9 Å². The number of sulfonamides is 1. The lowest BCUT2D eigenvalue weighted by Gasteiger charge is -2.36. The predicted octanol–water partition coefficient (Wildman–Crippen LogP) is 1.12. The first-order valence-electron chi connectivity index (χ1n) is 6.95. The third-order valence-electron chi connectivity index (χ3n) is 3.79. The van der Waals surface area contributed by atoms with Crippen LogP contribution in [0.2, 0.25) is 0 Å². The van der Waals surface area contributed by atoms with Gasteiger partial charge in [-0.05, 0) is 25.5 Å². The Hall–Kier alpha value is -1.11. The predicted molar refractivity (Wildman–Crippen MR) is 81.8 cm³/mol. The number of benzene rings is 1. The highest BCUT2D eigenvalue weighted by atomic mass is 32.2. The Morgan fingerprint density at radius 3 is 2.30 bits per heavy atom. The third kappa shape index (κ3) is 3.50. The van der Waals surface area contributed by atoms with Crippen molar-refractivity contribution in [1.29, 1.82) is 0 Å². The van der Waals surface area contributed by atoms with E-state index in [1.165, 1.54) is 0 Å². The van der Waals surface area contributed by atoms with Crippen molar-refractivity contribution in [2.45, 2.75) is 25.6 Å². The van der Waals surface area contributed by atoms with E-state index in [1.54, 1.807) is 16.4 Å². The number of nitrogens with zero attached hydrogens (tertiary/aromatic N) is 2. The molecule has 1 fully saturated rings. The van der Waals surface area contributed by atoms with E-state index in [0.29, 0.717) is 30.4 Å². The second kappa shape index (κ2) is 6.11. The van der Waals surface area contributed by atoms with Crippen LogP contribution in [0, 0.1) is 0 Å². The van der Waals surface area contributed by atoms with Crippen molar-refractivity contribution in [1.82, 2.24) is 9.21 Å². The van der Waals surface area contributed by atoms with Gasteiger partial charge in [-0.3, -0.25) is 4.90 Å². The third-order valence-corrected chi connectivity index (χ3v) is 5.62. The number of para-hydroxylation sites is 1. The molecule has 2 rings (SSSR count). The SMILES string of the molecule is CC(C)N1CCN(S(=O)(=O)Cc2ccccc2N)CC1. The molecule has 0 atom stereocenters. The van der Waals surface area contributed by atoms with E-state index in [4.69, 9.17) is 5.73 Å². The smallest absolute Gasteiger partial charge is 0.218 e. The number of rotatable bonds is 4. The molecule has 1 aliphatic rings. The van der Waals surface area contributed by atoms with E-state index < -0.39 is 10.0 Å². The van der Waals surface area contributed by atoms with E-state index >= 15 is 0 Å². The van der Waals surface area contributed by atoms with Crippen molar-refractivity contribution in [2.75, 3.05) is 31.9 Å². The lowest BCUT2D eigenvalue weighted by Crippen LogP contribution is -2.50. The quantitative estimate of drug-likeness (QED) is 0.846. The number of hydrogen-bond acceptors (Lipinski definition) is 4. The zero-order valence-corrected chi connectivity index (χ0v) is 12.9. The molecule has 0 saturated carbocycles. The van der Waals surface area contributed by atoms with Crippen molar-refractivity contribution in [3.63, 3.8) is 0 Å². The molecule has 0 spiro atoms. The van der Waals surface area contributed by atoms with Gasteiger partial charge in [0.05, 0.1) is 5.75 Å². The molecule has 1 aromatic carbocycles. The zero-order valence-electron chi connectivity index (χ0n) is 12.1. The summed E-state index contributed by atoms with van der Waals surface area (Å²) in [7, 11) is -3.28. The Morgan fingerprint density at radius 2 is 1.75 bits per heavy atom. The summed E-state index contributed by atoms with van der Waals surface area (Å²) < 4.78 is 26.5. The fourth-order valence-corrected chi connectivity index (χ4v) is 4.01. The first-order valence-corrected chi connectivity index (χ1v) is 8.56. The van der Waals surface area contributed by atoms with Crippen molar-refractivity contribution >= 4 is 15.7 Å². The summed E-state index contributed by atoms with van der Waals surface area (Å²) in [4.78, 5) is 2.29. The molecular weight excluding hydrogens is 274 g/mol. The van der Waals surface area contributed by atoms with Crippen molar-refractivity contribution < 1.29 is 8.42 Å². The molecule has 1 aliphatic heterocycles. The Kier molecular flexibility index (Phi) is 4.67. The molecule has 0 bridgehead atoms. The summed E-state index contributed by atoms with van der Waals surface area (Å²) in [6.45, 7) is 6.98. The van der Waals surface area contributed by atoms with Gasteiger partial charge in [-0.1, -0.05) is 18.2 Å². The van der Waals surface area contributed by atoms with Gasteiger partial charge in [-0.2, -0.15) is 4.31 Å². The highest BCUT2D eigenvalue weighted by molar-refractivity contribution is 7.88. The van der Waals surface area contributed by atoms with E-state index in [2.05, 4.69) is 18.7 Å². The lowest BCUT2D eigenvalue weighted by molar-refractivity contribution is 0.154. The van der Waals surface area contributed by atoms with Crippen LogP contribution in [0.3, 0.4) is 0 Å². The summed E-state index contributed by atoms with van der Waals surface area (Å²) >= 11 is 0. The van der Waals surface area contributed by atoms with Crippen LogP contribution in [0.5, 0.6) is 0 Å². The molecule has 2 N–H and O–H groups in total. The van der Waals surface area contributed by atoms with Gasteiger partial charge in [0.2, 0.25) is 10.0 Å². The molecule has 1 saturated heterocycles. The molecule has 0 unspecified atom stereocenters. The number of piperazine rings is 1.